The molecule has 0 aliphatic carbocycles. The summed E-state index contributed by atoms with van der Waals surface area (Å²) in [5.41, 5.74) is 1.65. The quantitative estimate of drug-likeness (QED) is 0.529. The van der Waals surface area contributed by atoms with Crippen molar-refractivity contribution in [2.45, 2.75) is 31.2 Å². The summed E-state index contributed by atoms with van der Waals surface area (Å²) in [6.45, 7) is 6.22. The topological polar surface area (TPSA) is 90.2 Å². The van der Waals surface area contributed by atoms with Crippen molar-refractivity contribution in [2.24, 2.45) is 0 Å². The normalized spacial score (nSPS) is 12.1. The van der Waals surface area contributed by atoms with Gasteiger partial charge in [-0.1, -0.05) is 30.0 Å². The minimum Gasteiger partial charge on any atom is -0.469 e. The van der Waals surface area contributed by atoms with Crippen molar-refractivity contribution < 1.29 is 9.21 Å². The van der Waals surface area contributed by atoms with Gasteiger partial charge in [0, 0.05) is 12.2 Å². The minimum absolute atomic E-state index is 0.00672. The van der Waals surface area contributed by atoms with E-state index in [9.17, 15) is 4.79 Å². The maximum Gasteiger partial charge on any atom is 0.240 e. The lowest BCUT2D eigenvalue weighted by Crippen LogP contribution is -2.36. The zero-order valence-electron chi connectivity index (χ0n) is 14.9. The number of nitrogens with zero attached hydrogens (tertiary/aromatic N) is 4. The number of amides is 1. The maximum atomic E-state index is 12.9. The number of aryl methyl sites for hydroxylation is 1. The molecule has 2 aromatic heterocycles. The average Bonchev–Trinajstić information content (AvgIpc) is 3.22. The third-order valence-electron chi connectivity index (χ3n) is 4.04. The van der Waals surface area contributed by atoms with Crippen LogP contribution in [0.5, 0.6) is 0 Å². The summed E-state index contributed by atoms with van der Waals surface area (Å²) >= 11 is 1.28. The van der Waals surface area contributed by atoms with Crippen molar-refractivity contribution >= 4 is 23.4 Å². The summed E-state index contributed by atoms with van der Waals surface area (Å²) in [6.07, 6.45) is 1.58. The van der Waals surface area contributed by atoms with E-state index < -0.39 is 0 Å². The Morgan fingerprint density at radius 2 is 2.04 bits per heavy atom. The van der Waals surface area contributed by atoms with Gasteiger partial charge < -0.3 is 15.2 Å². The molecule has 26 heavy (non-hydrogen) atoms. The highest BCUT2D eigenvalue weighted by atomic mass is 32.2. The van der Waals surface area contributed by atoms with Gasteiger partial charge in [-0.15, -0.1) is 10.2 Å². The van der Waals surface area contributed by atoms with E-state index in [-0.39, 0.29) is 11.2 Å². The van der Waals surface area contributed by atoms with Gasteiger partial charge in [-0.3, -0.25) is 4.79 Å². The van der Waals surface area contributed by atoms with E-state index >= 15 is 0 Å². The molecule has 0 aliphatic heterocycles. The van der Waals surface area contributed by atoms with Gasteiger partial charge in [0.1, 0.15) is 5.76 Å². The number of hydrogen-bond donors (Lipinski definition) is 1. The Labute approximate surface area is 156 Å². The van der Waals surface area contributed by atoms with Crippen LogP contribution in [0.2, 0.25) is 0 Å². The number of carbonyl (C=O) groups is 1. The van der Waals surface area contributed by atoms with E-state index in [0.717, 1.165) is 11.3 Å². The standard InChI is InChI=1S/C18H21N5O2S/c1-4-22(14-8-6-5-7-9-14)17(24)13(3)26-18-21-20-16(23(18)19)15-10-11-25-12(15)2/h5-11,13H,4,19H2,1-3H3/t13-/m1/s1. The van der Waals surface area contributed by atoms with Gasteiger partial charge in [0.15, 0.2) is 5.82 Å². The van der Waals surface area contributed by atoms with E-state index in [1.165, 1.54) is 16.4 Å². The Bertz CT molecular complexity index is 890. The van der Waals surface area contributed by atoms with Gasteiger partial charge in [0.2, 0.25) is 11.1 Å². The van der Waals surface area contributed by atoms with Crippen molar-refractivity contribution in [2.75, 3.05) is 17.3 Å². The number of benzene rings is 1. The van der Waals surface area contributed by atoms with Crippen LogP contribution >= 0.6 is 11.8 Å². The second-order valence-corrected chi connectivity index (χ2v) is 7.05. The summed E-state index contributed by atoms with van der Waals surface area (Å²) in [4.78, 5) is 14.6. The number of rotatable bonds is 6. The summed E-state index contributed by atoms with van der Waals surface area (Å²) in [7, 11) is 0. The molecule has 0 saturated heterocycles. The van der Waals surface area contributed by atoms with Crippen molar-refractivity contribution in [1.29, 1.82) is 0 Å². The molecule has 1 atom stereocenters. The molecule has 8 heteroatoms. The molecular formula is C18H21N5O2S. The van der Waals surface area contributed by atoms with Crippen molar-refractivity contribution in [1.82, 2.24) is 14.9 Å². The molecule has 0 spiro atoms. The first-order chi connectivity index (χ1) is 12.5. The van der Waals surface area contributed by atoms with E-state index in [4.69, 9.17) is 10.3 Å². The van der Waals surface area contributed by atoms with Gasteiger partial charge in [-0.05, 0) is 39.0 Å². The largest absolute Gasteiger partial charge is 0.469 e. The van der Waals surface area contributed by atoms with Gasteiger partial charge in [0.05, 0.1) is 17.1 Å². The molecule has 0 saturated carbocycles. The zero-order chi connectivity index (χ0) is 18.7. The lowest BCUT2D eigenvalue weighted by Gasteiger charge is -2.24. The van der Waals surface area contributed by atoms with Gasteiger partial charge in [-0.2, -0.15) is 0 Å². The zero-order valence-corrected chi connectivity index (χ0v) is 15.7. The van der Waals surface area contributed by atoms with Crippen LogP contribution < -0.4 is 10.7 Å². The lowest BCUT2D eigenvalue weighted by molar-refractivity contribution is -0.117. The number of furan rings is 1. The Kier molecular flexibility index (Phi) is 5.32. The number of aromatic nitrogens is 3. The van der Waals surface area contributed by atoms with Crippen LogP contribution in [0.15, 0.2) is 52.2 Å². The van der Waals surface area contributed by atoms with Gasteiger partial charge >= 0.3 is 0 Å². The molecule has 0 bridgehead atoms. The maximum absolute atomic E-state index is 12.9. The highest BCUT2D eigenvalue weighted by Crippen LogP contribution is 2.28. The molecule has 2 heterocycles. The lowest BCUT2D eigenvalue weighted by atomic mass is 10.2. The van der Waals surface area contributed by atoms with E-state index in [1.54, 1.807) is 17.2 Å². The molecule has 7 nitrogen and oxygen atoms in total. The summed E-state index contributed by atoms with van der Waals surface area (Å²) < 4.78 is 6.69. The van der Waals surface area contributed by atoms with Crippen LogP contribution in [0.1, 0.15) is 19.6 Å². The van der Waals surface area contributed by atoms with E-state index in [1.807, 2.05) is 51.1 Å². The fraction of sp³-hybridized carbons (Fsp3) is 0.278. The minimum atomic E-state index is -0.361. The molecule has 0 aliphatic rings. The predicted octanol–water partition coefficient (Wildman–Crippen LogP) is 3.09. The number of thioether (sulfide) groups is 1. The second kappa shape index (κ2) is 7.65. The third kappa shape index (κ3) is 3.45. The van der Waals surface area contributed by atoms with Crippen LogP contribution in [0.25, 0.3) is 11.4 Å². The number of carbonyl (C=O) groups excluding carboxylic acids is 1. The Balaban J connectivity index is 1.78. The van der Waals surface area contributed by atoms with Gasteiger partial charge in [0.25, 0.3) is 0 Å². The Morgan fingerprint density at radius 3 is 2.65 bits per heavy atom. The molecule has 0 fully saturated rings. The molecule has 3 aromatic rings. The molecule has 0 unspecified atom stereocenters. The average molecular weight is 371 g/mol. The first-order valence-electron chi connectivity index (χ1n) is 8.31. The fourth-order valence-electron chi connectivity index (χ4n) is 2.66. The number of nitrogen functional groups attached to an aromatic ring is 1. The van der Waals surface area contributed by atoms with E-state index in [0.29, 0.717) is 23.3 Å². The summed E-state index contributed by atoms with van der Waals surface area (Å²) in [6, 6.07) is 11.4. The number of hydrogen-bond acceptors (Lipinski definition) is 6. The van der Waals surface area contributed by atoms with Crippen LogP contribution in [0, 0.1) is 6.92 Å². The monoisotopic (exact) mass is 371 g/mol. The van der Waals surface area contributed by atoms with Crippen molar-refractivity contribution in [3.63, 3.8) is 0 Å². The van der Waals surface area contributed by atoms with E-state index in [2.05, 4.69) is 10.2 Å². The van der Waals surface area contributed by atoms with Crippen LogP contribution in [0.4, 0.5) is 5.69 Å². The SMILES string of the molecule is CCN(C(=O)[C@@H](C)Sc1nnc(-c2ccoc2C)n1N)c1ccccc1. The Morgan fingerprint density at radius 1 is 1.31 bits per heavy atom. The highest BCUT2D eigenvalue weighted by Gasteiger charge is 2.25. The summed E-state index contributed by atoms with van der Waals surface area (Å²) in [5.74, 6) is 7.35. The van der Waals surface area contributed by atoms with Crippen molar-refractivity contribution in [3.8, 4) is 11.4 Å². The molecule has 3 rings (SSSR count). The molecule has 1 aromatic carbocycles. The van der Waals surface area contributed by atoms with Gasteiger partial charge in [-0.25, -0.2) is 4.68 Å². The second-order valence-electron chi connectivity index (χ2n) is 5.74. The first kappa shape index (κ1) is 18.1. The number of para-hydroxylation sites is 1. The smallest absolute Gasteiger partial charge is 0.240 e. The van der Waals surface area contributed by atoms with Crippen LogP contribution in [-0.4, -0.2) is 32.6 Å². The summed E-state index contributed by atoms with van der Waals surface area (Å²) in [5, 5.41) is 8.38. The Hall–Kier alpha value is -2.74. The molecule has 2 N–H and O–H groups in total. The van der Waals surface area contributed by atoms with Crippen LogP contribution in [-0.2, 0) is 4.79 Å². The molecule has 0 radical (unpaired) electrons. The van der Waals surface area contributed by atoms with Crippen molar-refractivity contribution in [3.05, 3.63) is 48.4 Å². The predicted molar refractivity (Wildman–Crippen MR) is 102 cm³/mol. The third-order valence-corrected chi connectivity index (χ3v) is 5.09. The highest BCUT2D eigenvalue weighted by molar-refractivity contribution is 8.00. The van der Waals surface area contributed by atoms with Crippen LogP contribution in [0.3, 0.4) is 0 Å². The molecule has 136 valence electrons. The molecular weight excluding hydrogens is 350 g/mol. The number of anilines is 1. The fourth-order valence-corrected chi connectivity index (χ4v) is 3.49. The number of nitrogens with two attached hydrogens (primary N) is 1. The first-order valence-corrected chi connectivity index (χ1v) is 9.19. The molecule has 1 amide bonds.